The molecule has 0 aliphatic rings. The van der Waals surface area contributed by atoms with Gasteiger partial charge in [0.15, 0.2) is 0 Å². The van der Waals surface area contributed by atoms with Crippen molar-refractivity contribution >= 4 is 17.9 Å². The van der Waals surface area contributed by atoms with E-state index in [1.54, 1.807) is 0 Å². The lowest BCUT2D eigenvalue weighted by Crippen LogP contribution is -2.52. The summed E-state index contributed by atoms with van der Waals surface area (Å²) in [7, 11) is 3.64. The van der Waals surface area contributed by atoms with Crippen LogP contribution in [0.1, 0.15) is 31.1 Å². The molecule has 198 valence electrons. The average Bonchev–Trinajstić information content (AvgIpc) is 2.97. The summed E-state index contributed by atoms with van der Waals surface area (Å²) in [6, 6.07) is 16.3. The second-order valence-electron chi connectivity index (χ2n) is 7.97. The monoisotopic (exact) mass is 531 g/mol. The fraction of sp³-hybridized carbons (Fsp3) is 0.111. The quantitative estimate of drug-likeness (QED) is 0.267. The average molecular weight is 531 g/mol. The summed E-state index contributed by atoms with van der Waals surface area (Å²) in [6.45, 7) is 0. The first-order chi connectivity index (χ1) is 18.7. The fourth-order valence-electron chi connectivity index (χ4n) is 3.80. The van der Waals surface area contributed by atoms with Gasteiger partial charge in [-0.15, -0.1) is 0 Å². The molecule has 1 heterocycles. The summed E-state index contributed by atoms with van der Waals surface area (Å²) in [4.78, 5) is 76.3. The molecule has 0 bridgehead atoms. The highest BCUT2D eigenvalue weighted by molar-refractivity contribution is 5.90. The Hall–Kier alpha value is -5.52. The van der Waals surface area contributed by atoms with E-state index in [0.717, 1.165) is 13.7 Å². The van der Waals surface area contributed by atoms with Crippen molar-refractivity contribution in [3.8, 4) is 17.1 Å². The van der Waals surface area contributed by atoms with E-state index in [1.807, 2.05) is 0 Å². The molecule has 0 radical (unpaired) electrons. The zero-order valence-corrected chi connectivity index (χ0v) is 20.9. The van der Waals surface area contributed by atoms with Gasteiger partial charge in [-0.1, -0.05) is 0 Å². The smallest absolute Gasteiger partial charge is 0.345 e. The predicted octanol–water partition coefficient (Wildman–Crippen LogP) is 1.50. The van der Waals surface area contributed by atoms with E-state index in [9.17, 15) is 28.8 Å². The topological polar surface area (TPSA) is 145 Å². The van der Waals surface area contributed by atoms with Crippen LogP contribution in [0.4, 0.5) is 0 Å². The number of methoxy groups -OCH3 is 3. The molecule has 4 rings (SSSR count). The van der Waals surface area contributed by atoms with E-state index in [1.165, 1.54) is 94.1 Å². The van der Waals surface area contributed by atoms with E-state index in [0.29, 0.717) is 0 Å². The van der Waals surface area contributed by atoms with Crippen LogP contribution < -0.4 is 17.1 Å². The molecule has 0 amide bonds. The van der Waals surface area contributed by atoms with E-state index in [-0.39, 0.29) is 33.8 Å². The first-order valence-corrected chi connectivity index (χ1v) is 11.3. The third-order valence-electron chi connectivity index (χ3n) is 5.79. The maximum Gasteiger partial charge on any atom is 0.345 e. The van der Waals surface area contributed by atoms with E-state index in [2.05, 4.69) is 14.2 Å². The Morgan fingerprint density at radius 2 is 0.641 bits per heavy atom. The van der Waals surface area contributed by atoms with Crippen molar-refractivity contribution in [1.29, 1.82) is 0 Å². The van der Waals surface area contributed by atoms with Gasteiger partial charge >= 0.3 is 35.0 Å². The molecule has 0 saturated heterocycles. The Kier molecular flexibility index (Phi) is 7.38. The Labute approximate surface area is 219 Å². The Balaban J connectivity index is 2.00. The second kappa shape index (κ2) is 10.8. The number of aromatic nitrogens is 3. The summed E-state index contributed by atoms with van der Waals surface area (Å²) in [5, 5.41) is 0. The highest BCUT2D eigenvalue weighted by Gasteiger charge is 2.20. The van der Waals surface area contributed by atoms with Crippen molar-refractivity contribution in [1.82, 2.24) is 13.7 Å². The minimum absolute atomic E-state index is 0.0671. The number of esters is 3. The Morgan fingerprint density at radius 3 is 0.821 bits per heavy atom. The molecule has 12 heteroatoms. The van der Waals surface area contributed by atoms with Crippen LogP contribution >= 0.6 is 0 Å². The van der Waals surface area contributed by atoms with Gasteiger partial charge in [0, 0.05) is 0 Å². The molecule has 0 fully saturated rings. The predicted molar refractivity (Wildman–Crippen MR) is 137 cm³/mol. The summed E-state index contributed by atoms with van der Waals surface area (Å²) < 4.78 is 16.3. The van der Waals surface area contributed by atoms with E-state index < -0.39 is 35.0 Å². The number of carbonyl (C=O) groups excluding carboxylic acids is 3. The highest BCUT2D eigenvalue weighted by Crippen LogP contribution is 2.12. The summed E-state index contributed by atoms with van der Waals surface area (Å²) in [5.74, 6) is -1.85. The van der Waals surface area contributed by atoms with Crippen LogP contribution in [0.25, 0.3) is 17.1 Å². The van der Waals surface area contributed by atoms with Crippen LogP contribution in [0, 0.1) is 0 Å². The SMILES string of the molecule is COC(=O)c1ccc(-n2c(=O)n(-c3ccc(C(=O)OC)cc3)c(=O)n(-c3ccc(C(=O)OC)cc3)c2=O)cc1. The molecule has 4 aromatic rings. The van der Waals surface area contributed by atoms with Crippen molar-refractivity contribution in [2.24, 2.45) is 0 Å². The summed E-state index contributed by atoms with van der Waals surface area (Å²) in [5.41, 5.74) is -2.25. The lowest BCUT2D eigenvalue weighted by molar-refractivity contribution is 0.0592. The molecule has 39 heavy (non-hydrogen) atoms. The number of ether oxygens (including phenoxy) is 3. The molecule has 0 aliphatic carbocycles. The van der Waals surface area contributed by atoms with Gasteiger partial charge < -0.3 is 14.2 Å². The fourth-order valence-corrected chi connectivity index (χ4v) is 3.80. The van der Waals surface area contributed by atoms with Crippen LogP contribution in [0.3, 0.4) is 0 Å². The number of carbonyl (C=O) groups is 3. The minimum atomic E-state index is -0.996. The molecule has 3 aromatic carbocycles. The first kappa shape index (κ1) is 26.5. The number of benzene rings is 3. The minimum Gasteiger partial charge on any atom is -0.465 e. The molecular weight excluding hydrogens is 510 g/mol. The van der Waals surface area contributed by atoms with Crippen molar-refractivity contribution in [3.05, 3.63) is 121 Å². The lowest BCUT2D eigenvalue weighted by atomic mass is 10.2. The van der Waals surface area contributed by atoms with Crippen LogP contribution in [-0.4, -0.2) is 52.9 Å². The Morgan fingerprint density at radius 1 is 0.436 bits per heavy atom. The van der Waals surface area contributed by atoms with Crippen molar-refractivity contribution in [2.75, 3.05) is 21.3 Å². The zero-order chi connectivity index (χ0) is 28.3. The molecule has 0 spiro atoms. The van der Waals surface area contributed by atoms with Gasteiger partial charge in [-0.05, 0) is 72.8 Å². The second-order valence-corrected chi connectivity index (χ2v) is 7.97. The third kappa shape index (κ3) is 4.90. The number of hydrogen-bond acceptors (Lipinski definition) is 9. The van der Waals surface area contributed by atoms with Gasteiger partial charge in [0.05, 0.1) is 55.1 Å². The molecule has 0 aliphatic heterocycles. The molecular formula is C27H21N3O9. The van der Waals surface area contributed by atoms with E-state index >= 15 is 0 Å². The van der Waals surface area contributed by atoms with Gasteiger partial charge in [0.2, 0.25) is 0 Å². The van der Waals surface area contributed by atoms with Crippen LogP contribution in [0.2, 0.25) is 0 Å². The maximum atomic E-state index is 13.6. The zero-order valence-electron chi connectivity index (χ0n) is 20.9. The van der Waals surface area contributed by atoms with E-state index in [4.69, 9.17) is 0 Å². The third-order valence-corrected chi connectivity index (χ3v) is 5.79. The van der Waals surface area contributed by atoms with Crippen LogP contribution in [-0.2, 0) is 14.2 Å². The molecule has 0 unspecified atom stereocenters. The van der Waals surface area contributed by atoms with Crippen molar-refractivity contribution < 1.29 is 28.6 Å². The van der Waals surface area contributed by atoms with Gasteiger partial charge in [0.25, 0.3) is 0 Å². The molecule has 12 nitrogen and oxygen atoms in total. The van der Waals surface area contributed by atoms with Crippen molar-refractivity contribution in [3.63, 3.8) is 0 Å². The number of hydrogen-bond donors (Lipinski definition) is 0. The molecule has 1 aromatic heterocycles. The summed E-state index contributed by atoms with van der Waals surface area (Å²) >= 11 is 0. The van der Waals surface area contributed by atoms with Gasteiger partial charge in [0.1, 0.15) is 0 Å². The van der Waals surface area contributed by atoms with Gasteiger partial charge in [-0.2, -0.15) is 0 Å². The standard InChI is InChI=1S/C27H21N3O9/c1-37-22(31)16-4-10-19(11-5-16)28-25(34)29(20-12-6-17(7-13-20)23(32)38-2)27(36)30(26(28)35)21-14-8-18(9-15-21)24(33)39-3/h4-15H,1-3H3. The first-order valence-electron chi connectivity index (χ1n) is 11.3. The van der Waals surface area contributed by atoms with Crippen LogP contribution in [0.5, 0.6) is 0 Å². The van der Waals surface area contributed by atoms with Gasteiger partial charge in [-0.25, -0.2) is 42.5 Å². The highest BCUT2D eigenvalue weighted by atomic mass is 16.5. The number of nitrogens with zero attached hydrogens (tertiary/aromatic N) is 3. The Bertz CT molecular complexity index is 1510. The molecule has 0 N–H and O–H groups in total. The maximum absolute atomic E-state index is 13.6. The normalized spacial score (nSPS) is 10.5. The van der Waals surface area contributed by atoms with Crippen LogP contribution in [0.15, 0.2) is 87.2 Å². The summed E-state index contributed by atoms with van der Waals surface area (Å²) in [6.07, 6.45) is 0. The molecule has 0 atom stereocenters. The lowest BCUT2D eigenvalue weighted by Gasteiger charge is -2.15. The largest absolute Gasteiger partial charge is 0.465 e. The van der Waals surface area contributed by atoms with Gasteiger partial charge in [-0.3, -0.25) is 0 Å². The molecule has 0 saturated carbocycles. The van der Waals surface area contributed by atoms with Crippen molar-refractivity contribution in [2.45, 2.75) is 0 Å². The number of rotatable bonds is 6.